The number of hydrogen-bond donors (Lipinski definition) is 3. The normalized spacial score (nSPS) is 11.1. The van der Waals surface area contributed by atoms with Gasteiger partial charge in [0.15, 0.2) is 5.65 Å². The van der Waals surface area contributed by atoms with E-state index in [9.17, 15) is 0 Å². The number of aromatic amines is 2. The molecule has 0 saturated carbocycles. The number of nitrogens with zero attached hydrogens (tertiary/aromatic N) is 4. The van der Waals surface area contributed by atoms with Crippen LogP contribution in [-0.2, 0) is 6.42 Å². The zero-order valence-electron chi connectivity index (χ0n) is 24.7. The molecule has 1 aromatic carbocycles. The van der Waals surface area contributed by atoms with Gasteiger partial charge in [-0.25, -0.2) is 4.98 Å². The lowest BCUT2D eigenvalue weighted by molar-refractivity contribution is 1.09. The molecule has 0 spiro atoms. The molecule has 0 amide bonds. The maximum atomic E-state index is 4.64. The Labute approximate surface area is 252 Å². The third-order valence-corrected chi connectivity index (χ3v) is 6.91. The minimum Gasteiger partial charge on any atom is -0.358 e. The van der Waals surface area contributed by atoms with E-state index in [-0.39, 0.29) is 0 Å². The van der Waals surface area contributed by atoms with Gasteiger partial charge in [-0.2, -0.15) is 5.10 Å². The van der Waals surface area contributed by atoms with Crippen LogP contribution in [0.5, 0.6) is 0 Å². The number of aryl methyl sites for hydroxylation is 1. The number of allylic oxidation sites excluding steroid dienone is 3. The van der Waals surface area contributed by atoms with Crippen molar-refractivity contribution < 1.29 is 0 Å². The SMILES string of the molecule is C=C/C=C(/c1ccncc1)c1cc(-c2[nH]nc3ncc(-c4cncc(NC(=C)Cc5ccccc5)c4)cc23)[nH]c1C.CC. The van der Waals surface area contributed by atoms with E-state index in [0.717, 1.165) is 68.1 Å². The van der Waals surface area contributed by atoms with Gasteiger partial charge in [0.1, 0.15) is 0 Å². The maximum Gasteiger partial charge on any atom is 0.181 e. The summed E-state index contributed by atoms with van der Waals surface area (Å²) in [6, 6.07) is 20.5. The van der Waals surface area contributed by atoms with Crippen LogP contribution in [0.15, 0.2) is 123 Å². The first-order chi connectivity index (χ1) is 21.1. The zero-order chi connectivity index (χ0) is 30.2. The molecule has 0 radical (unpaired) electrons. The van der Waals surface area contributed by atoms with Gasteiger partial charge in [0.25, 0.3) is 0 Å². The molecule has 6 rings (SSSR count). The number of benzene rings is 1. The van der Waals surface area contributed by atoms with E-state index in [4.69, 9.17) is 0 Å². The van der Waals surface area contributed by atoms with Crippen molar-refractivity contribution in [1.82, 2.24) is 30.1 Å². The minimum atomic E-state index is 0.645. The summed E-state index contributed by atoms with van der Waals surface area (Å²) in [4.78, 5) is 16.8. The van der Waals surface area contributed by atoms with Crippen LogP contribution in [0.25, 0.3) is 39.1 Å². The van der Waals surface area contributed by atoms with Gasteiger partial charge in [-0.1, -0.05) is 69.5 Å². The van der Waals surface area contributed by atoms with Gasteiger partial charge in [0.2, 0.25) is 0 Å². The van der Waals surface area contributed by atoms with E-state index in [0.29, 0.717) is 5.65 Å². The summed E-state index contributed by atoms with van der Waals surface area (Å²) in [5.41, 5.74) is 11.6. The Kier molecular flexibility index (Phi) is 9.02. The molecule has 0 bridgehead atoms. The molecule has 0 aliphatic rings. The summed E-state index contributed by atoms with van der Waals surface area (Å²) in [6.07, 6.45) is 13.6. The largest absolute Gasteiger partial charge is 0.358 e. The Hall–Kier alpha value is -5.56. The number of H-pyrrole nitrogens is 2. The van der Waals surface area contributed by atoms with E-state index >= 15 is 0 Å². The standard InChI is InChI=1S/C34H29N7.C2H6/c1-4-8-29(25-11-13-35-14-12-25)30-18-32(39-23(30)3)33-31-17-27(20-37-34(31)41-40-33)26-16-28(21-36-19-26)38-22(2)15-24-9-6-5-7-10-24;1-2/h4-14,16-21,38-39H,1-2,15H2,3H3,(H,37,40,41);1-2H3/b29-8-;. The quantitative estimate of drug-likeness (QED) is 0.153. The first kappa shape index (κ1) is 29.0. The fourth-order valence-corrected chi connectivity index (χ4v) is 4.98. The molecule has 0 unspecified atom stereocenters. The highest BCUT2D eigenvalue weighted by atomic mass is 15.2. The van der Waals surface area contributed by atoms with Gasteiger partial charge >= 0.3 is 0 Å². The highest BCUT2D eigenvalue weighted by Crippen LogP contribution is 2.34. The predicted molar refractivity (Wildman–Crippen MR) is 177 cm³/mol. The molecule has 0 aliphatic carbocycles. The lowest BCUT2D eigenvalue weighted by Crippen LogP contribution is -2.02. The topological polar surface area (TPSA) is 95.2 Å². The van der Waals surface area contributed by atoms with E-state index < -0.39 is 0 Å². The molecular formula is C36H35N7. The van der Waals surface area contributed by atoms with Crippen LogP contribution >= 0.6 is 0 Å². The highest BCUT2D eigenvalue weighted by Gasteiger charge is 2.17. The van der Waals surface area contributed by atoms with Crippen LogP contribution in [0, 0.1) is 6.92 Å². The molecule has 214 valence electrons. The van der Waals surface area contributed by atoms with Crippen molar-refractivity contribution in [3.63, 3.8) is 0 Å². The van der Waals surface area contributed by atoms with Gasteiger partial charge in [-0.05, 0) is 54.0 Å². The lowest BCUT2D eigenvalue weighted by Gasteiger charge is -2.11. The monoisotopic (exact) mass is 565 g/mol. The van der Waals surface area contributed by atoms with Crippen molar-refractivity contribution in [3.05, 3.63) is 145 Å². The third kappa shape index (κ3) is 6.52. The van der Waals surface area contributed by atoms with Crippen molar-refractivity contribution in [1.29, 1.82) is 0 Å². The van der Waals surface area contributed by atoms with Gasteiger partial charge in [-0.15, -0.1) is 0 Å². The van der Waals surface area contributed by atoms with Crippen LogP contribution in [0.2, 0.25) is 0 Å². The number of pyridine rings is 3. The molecule has 43 heavy (non-hydrogen) atoms. The number of rotatable bonds is 9. The first-order valence-corrected chi connectivity index (χ1v) is 14.3. The predicted octanol–water partition coefficient (Wildman–Crippen LogP) is 8.53. The Bertz CT molecular complexity index is 1880. The van der Waals surface area contributed by atoms with Crippen molar-refractivity contribution in [2.24, 2.45) is 0 Å². The fraction of sp³-hybridized carbons (Fsp3) is 0.111. The summed E-state index contributed by atoms with van der Waals surface area (Å²) < 4.78 is 0. The molecule has 5 aromatic heterocycles. The Morgan fingerprint density at radius 2 is 1.70 bits per heavy atom. The average Bonchev–Trinajstić information content (AvgIpc) is 3.64. The summed E-state index contributed by atoms with van der Waals surface area (Å²) in [5.74, 6) is 0. The van der Waals surface area contributed by atoms with Crippen LogP contribution in [0.4, 0.5) is 5.69 Å². The third-order valence-electron chi connectivity index (χ3n) is 6.91. The van der Waals surface area contributed by atoms with E-state index in [1.165, 1.54) is 5.56 Å². The van der Waals surface area contributed by atoms with Crippen LogP contribution < -0.4 is 5.32 Å². The Morgan fingerprint density at radius 1 is 0.930 bits per heavy atom. The second kappa shape index (κ2) is 13.4. The minimum absolute atomic E-state index is 0.645. The highest BCUT2D eigenvalue weighted by molar-refractivity contribution is 5.94. The van der Waals surface area contributed by atoms with Crippen LogP contribution in [0.1, 0.15) is 36.2 Å². The Balaban J connectivity index is 0.00000180. The van der Waals surface area contributed by atoms with Crippen molar-refractivity contribution in [2.45, 2.75) is 27.2 Å². The number of fused-ring (bicyclic) bond motifs is 1. The van der Waals surface area contributed by atoms with Gasteiger partial charge in [0, 0.05) is 64.7 Å². The zero-order valence-corrected chi connectivity index (χ0v) is 24.7. The number of anilines is 1. The van der Waals surface area contributed by atoms with Crippen molar-refractivity contribution >= 4 is 22.3 Å². The molecule has 3 N–H and O–H groups in total. The van der Waals surface area contributed by atoms with Gasteiger partial charge in [-0.3, -0.25) is 15.1 Å². The maximum absolute atomic E-state index is 4.64. The van der Waals surface area contributed by atoms with Crippen LogP contribution in [-0.4, -0.2) is 30.1 Å². The number of aromatic nitrogens is 6. The number of nitrogens with one attached hydrogen (secondary N) is 3. The molecule has 0 atom stereocenters. The Morgan fingerprint density at radius 3 is 2.47 bits per heavy atom. The van der Waals surface area contributed by atoms with E-state index in [1.54, 1.807) is 24.7 Å². The molecular weight excluding hydrogens is 530 g/mol. The molecule has 7 nitrogen and oxygen atoms in total. The molecule has 7 heteroatoms. The van der Waals surface area contributed by atoms with Crippen LogP contribution in [0.3, 0.4) is 0 Å². The van der Waals surface area contributed by atoms with Crippen molar-refractivity contribution in [3.8, 4) is 22.5 Å². The molecule has 6 aromatic rings. The summed E-state index contributed by atoms with van der Waals surface area (Å²) in [5, 5.41) is 12.0. The molecule has 0 aliphatic heterocycles. The average molecular weight is 566 g/mol. The second-order valence-electron chi connectivity index (χ2n) is 9.82. The van der Waals surface area contributed by atoms with E-state index in [2.05, 4.69) is 85.9 Å². The van der Waals surface area contributed by atoms with Gasteiger partial charge in [0.05, 0.1) is 23.3 Å². The molecule has 0 fully saturated rings. The second-order valence-corrected chi connectivity index (χ2v) is 9.82. The summed E-state index contributed by atoms with van der Waals surface area (Å²) >= 11 is 0. The summed E-state index contributed by atoms with van der Waals surface area (Å²) in [7, 11) is 0. The van der Waals surface area contributed by atoms with Crippen molar-refractivity contribution in [2.75, 3.05) is 5.32 Å². The summed E-state index contributed by atoms with van der Waals surface area (Å²) in [6.45, 7) is 14.2. The first-order valence-electron chi connectivity index (χ1n) is 14.3. The molecule has 5 heterocycles. The fourth-order valence-electron chi connectivity index (χ4n) is 4.98. The lowest BCUT2D eigenvalue weighted by atomic mass is 9.98. The van der Waals surface area contributed by atoms with Gasteiger partial charge < -0.3 is 10.3 Å². The number of hydrogen-bond acceptors (Lipinski definition) is 5. The molecule has 0 saturated heterocycles. The van der Waals surface area contributed by atoms with E-state index in [1.807, 2.05) is 62.6 Å². The smallest absolute Gasteiger partial charge is 0.181 e.